The van der Waals surface area contributed by atoms with Gasteiger partial charge in [-0.1, -0.05) is 0 Å². The first-order chi connectivity index (χ1) is 0. The van der Waals surface area contributed by atoms with Crippen molar-refractivity contribution in [2.75, 3.05) is 0 Å². The Labute approximate surface area is 53.1 Å². The molecule has 4 heteroatoms. The second-order valence-corrected chi connectivity index (χ2v) is 0. The van der Waals surface area contributed by atoms with Crippen LogP contribution in [-0.2, 0) is 0 Å². The van der Waals surface area contributed by atoms with E-state index in [4.69, 9.17) is 0 Å². The monoisotopic (exact) mass is 223 g/mol. The van der Waals surface area contributed by atoms with Crippen LogP contribution in [-0.4, -0.2) is 16.4 Å². The molecule has 4 heavy (non-hydrogen) atoms. The summed E-state index contributed by atoms with van der Waals surface area (Å²) in [5, 5.41) is 0. The predicted octanol–water partition coefficient (Wildman–Crippen LogP) is -2.47. The molecule has 0 aromatic rings. The zero-order chi connectivity index (χ0) is 0. The molecule has 0 aliphatic carbocycles. The molecule has 0 fully saturated rings. The zero-order valence-corrected chi connectivity index (χ0v) is 3.56. The molecule has 0 rings (SSSR count). The SMILES string of the molecule is O.O.O.[Tm]. The Morgan fingerprint density at radius 1 is 0.500 bits per heavy atom. The minimum Gasteiger partial charge on any atom is -0.412 e. The van der Waals surface area contributed by atoms with Crippen molar-refractivity contribution in [1.82, 2.24) is 0 Å². The average molecular weight is 223 g/mol. The van der Waals surface area contributed by atoms with Gasteiger partial charge in [0.1, 0.15) is 0 Å². The maximum Gasteiger partial charge on any atom is 0 e. The third-order valence-electron chi connectivity index (χ3n) is 0. The molecule has 0 aromatic heterocycles. The van der Waals surface area contributed by atoms with Crippen LogP contribution in [0, 0.1) is 36.9 Å². The summed E-state index contributed by atoms with van der Waals surface area (Å²) in [7, 11) is 0. The average Bonchev–Trinajstić information content (AvgIpc) is 0. The molecule has 0 spiro atoms. The van der Waals surface area contributed by atoms with Crippen molar-refractivity contribution in [1.29, 1.82) is 0 Å². The molecule has 0 aliphatic heterocycles. The first-order valence-electron chi connectivity index (χ1n) is 0. The van der Waals surface area contributed by atoms with E-state index in [0.29, 0.717) is 0 Å². The van der Waals surface area contributed by atoms with E-state index in [0.717, 1.165) is 0 Å². The standard InChI is InChI=1S/3H2O.Tm/h3*1H2;. The Morgan fingerprint density at radius 3 is 0.500 bits per heavy atom. The Hall–Kier alpha value is 1.11. The predicted molar refractivity (Wildman–Crippen MR) is 10.8 cm³/mol. The second-order valence-electron chi connectivity index (χ2n) is 0. The van der Waals surface area contributed by atoms with Gasteiger partial charge in [-0.3, -0.25) is 0 Å². The molecular weight excluding hydrogens is 217 g/mol. The minimum absolute atomic E-state index is 0. The molecule has 1 radical (unpaired) electrons. The zero-order valence-electron chi connectivity index (χ0n) is 1.78. The number of hydrogen-bond acceptors (Lipinski definition) is 0. The van der Waals surface area contributed by atoms with E-state index < -0.39 is 0 Å². The van der Waals surface area contributed by atoms with E-state index in [-0.39, 0.29) is 53.3 Å². The van der Waals surface area contributed by atoms with E-state index in [2.05, 4.69) is 0 Å². The summed E-state index contributed by atoms with van der Waals surface area (Å²) in [5.41, 5.74) is 0. The molecule has 0 atom stereocenters. The summed E-state index contributed by atoms with van der Waals surface area (Å²) < 4.78 is 0. The van der Waals surface area contributed by atoms with E-state index in [1.165, 1.54) is 0 Å². The topological polar surface area (TPSA) is 94.5 Å². The molecule has 0 unspecified atom stereocenters. The second kappa shape index (κ2) is 32.2. The molecule has 0 saturated carbocycles. The summed E-state index contributed by atoms with van der Waals surface area (Å²) in [4.78, 5) is 0. The number of rotatable bonds is 0. The summed E-state index contributed by atoms with van der Waals surface area (Å²) in [6, 6.07) is 0. The Morgan fingerprint density at radius 2 is 0.500 bits per heavy atom. The van der Waals surface area contributed by atoms with Crippen molar-refractivity contribution in [2.24, 2.45) is 0 Å². The van der Waals surface area contributed by atoms with Gasteiger partial charge in [-0.15, -0.1) is 0 Å². The molecule has 0 heterocycles. The first kappa shape index (κ1) is 69.8. The van der Waals surface area contributed by atoms with Crippen LogP contribution in [0.25, 0.3) is 0 Å². The van der Waals surface area contributed by atoms with Gasteiger partial charge in [0, 0.05) is 36.9 Å². The van der Waals surface area contributed by atoms with Gasteiger partial charge in [-0.25, -0.2) is 0 Å². The summed E-state index contributed by atoms with van der Waals surface area (Å²) in [5.74, 6) is 0. The van der Waals surface area contributed by atoms with E-state index >= 15 is 0 Å². The molecule has 37 valence electrons. The quantitative estimate of drug-likeness (QED) is 0.435. The Balaban J connectivity index is 0. The van der Waals surface area contributed by atoms with Crippen molar-refractivity contribution >= 4 is 0 Å². The molecular formula is H6O3Tm. The fourth-order valence-electron chi connectivity index (χ4n) is 0. The van der Waals surface area contributed by atoms with Gasteiger partial charge < -0.3 is 16.4 Å². The number of hydrogen-bond donors (Lipinski definition) is 0. The Bertz CT molecular complexity index is 3.25. The van der Waals surface area contributed by atoms with Crippen LogP contribution in [0.15, 0.2) is 0 Å². The fourth-order valence-corrected chi connectivity index (χ4v) is 0. The van der Waals surface area contributed by atoms with E-state index in [9.17, 15) is 0 Å². The molecule has 0 aliphatic rings. The molecule has 0 bridgehead atoms. The summed E-state index contributed by atoms with van der Waals surface area (Å²) in [6.45, 7) is 0. The molecule has 0 aromatic carbocycles. The van der Waals surface area contributed by atoms with Crippen LogP contribution in [0.4, 0.5) is 0 Å². The minimum atomic E-state index is 0. The van der Waals surface area contributed by atoms with Crippen LogP contribution in [0.1, 0.15) is 0 Å². The smallest absolute Gasteiger partial charge is 0 e. The Kier molecular flexibility index (Phi) is 561. The van der Waals surface area contributed by atoms with Gasteiger partial charge >= 0.3 is 0 Å². The largest absolute Gasteiger partial charge is 0.412 e. The fraction of sp³-hybridized carbons (Fsp3) is 0. The normalized spacial score (nSPS) is 0. The third kappa shape index (κ3) is 11.2. The van der Waals surface area contributed by atoms with Gasteiger partial charge in [-0.05, 0) is 0 Å². The van der Waals surface area contributed by atoms with Gasteiger partial charge in [-0.2, -0.15) is 0 Å². The van der Waals surface area contributed by atoms with Gasteiger partial charge in [0.15, 0.2) is 0 Å². The summed E-state index contributed by atoms with van der Waals surface area (Å²) in [6.07, 6.45) is 0. The molecule has 0 saturated heterocycles. The van der Waals surface area contributed by atoms with Crippen molar-refractivity contribution < 1.29 is 53.3 Å². The van der Waals surface area contributed by atoms with Gasteiger partial charge in [0.2, 0.25) is 0 Å². The maximum absolute atomic E-state index is 0. The van der Waals surface area contributed by atoms with Crippen molar-refractivity contribution in [2.45, 2.75) is 0 Å². The van der Waals surface area contributed by atoms with E-state index in [1.807, 2.05) is 0 Å². The van der Waals surface area contributed by atoms with Crippen LogP contribution in [0.3, 0.4) is 0 Å². The van der Waals surface area contributed by atoms with Crippen molar-refractivity contribution in [3.8, 4) is 0 Å². The molecule has 0 amide bonds. The van der Waals surface area contributed by atoms with Crippen LogP contribution >= 0.6 is 0 Å². The van der Waals surface area contributed by atoms with Crippen molar-refractivity contribution in [3.63, 3.8) is 0 Å². The van der Waals surface area contributed by atoms with Crippen LogP contribution in [0.2, 0.25) is 0 Å². The molecule has 3 nitrogen and oxygen atoms in total. The van der Waals surface area contributed by atoms with Gasteiger partial charge in [0.25, 0.3) is 0 Å². The van der Waals surface area contributed by atoms with Crippen molar-refractivity contribution in [3.05, 3.63) is 0 Å². The van der Waals surface area contributed by atoms with Gasteiger partial charge in [0.05, 0.1) is 0 Å². The van der Waals surface area contributed by atoms with Crippen LogP contribution < -0.4 is 0 Å². The summed E-state index contributed by atoms with van der Waals surface area (Å²) >= 11 is 0. The van der Waals surface area contributed by atoms with E-state index in [1.54, 1.807) is 0 Å². The molecule has 6 N–H and O–H groups in total. The third-order valence-corrected chi connectivity index (χ3v) is 0. The first-order valence-corrected chi connectivity index (χ1v) is 0. The maximum atomic E-state index is 0. The van der Waals surface area contributed by atoms with Crippen LogP contribution in [0.5, 0.6) is 0 Å².